The first kappa shape index (κ1) is 15.7. The highest BCUT2D eigenvalue weighted by Crippen LogP contribution is 2.31. The molecule has 1 saturated carbocycles. The number of rotatable bonds is 6. The zero-order valence-corrected chi connectivity index (χ0v) is 13.1. The van der Waals surface area contributed by atoms with Gasteiger partial charge in [0, 0.05) is 12.6 Å². The molecule has 3 N–H and O–H groups in total. The second kappa shape index (κ2) is 6.11. The van der Waals surface area contributed by atoms with Crippen molar-refractivity contribution in [3.05, 3.63) is 24.0 Å². The van der Waals surface area contributed by atoms with Gasteiger partial charge in [-0.05, 0) is 43.9 Å². The lowest BCUT2D eigenvalue weighted by atomic mass is 10.2. The van der Waals surface area contributed by atoms with Crippen molar-refractivity contribution in [3.8, 4) is 5.75 Å². The summed E-state index contributed by atoms with van der Waals surface area (Å²) < 4.78 is 46.8. The second-order valence-corrected chi connectivity index (χ2v) is 7.57. The van der Waals surface area contributed by atoms with E-state index in [0.29, 0.717) is 19.1 Å². The predicted octanol–water partition coefficient (Wildman–Crippen LogP) is 0.758. The average molecular weight is 329 g/mol. The van der Waals surface area contributed by atoms with E-state index in [0.717, 1.165) is 18.9 Å². The Balaban J connectivity index is 1.82. The number of hydrazine groups is 1. The third kappa shape index (κ3) is 3.57. The topological polar surface area (TPSA) is 79.5 Å². The Hall–Kier alpha value is -1.22. The minimum Gasteiger partial charge on any atom is -0.492 e. The van der Waals surface area contributed by atoms with E-state index in [1.807, 2.05) is 6.92 Å². The van der Waals surface area contributed by atoms with E-state index in [4.69, 9.17) is 4.74 Å². The summed E-state index contributed by atoms with van der Waals surface area (Å²) in [6, 6.07) is 3.23. The fraction of sp³-hybridized carbons (Fsp3) is 0.571. The third-order valence-corrected chi connectivity index (χ3v) is 5.44. The van der Waals surface area contributed by atoms with Crippen LogP contribution < -0.4 is 20.3 Å². The fourth-order valence-corrected chi connectivity index (χ4v) is 3.79. The summed E-state index contributed by atoms with van der Waals surface area (Å²) in [4.78, 5) is -0.146. The lowest BCUT2D eigenvalue weighted by molar-refractivity contribution is 0.291. The molecule has 0 bridgehead atoms. The number of hydrogen-bond donors (Lipinski definition) is 3. The van der Waals surface area contributed by atoms with Crippen LogP contribution in [0.2, 0.25) is 0 Å². The molecule has 3 rings (SSSR count). The molecule has 0 radical (unpaired) electrons. The van der Waals surface area contributed by atoms with E-state index >= 15 is 0 Å². The van der Waals surface area contributed by atoms with Crippen LogP contribution in [0.15, 0.2) is 23.1 Å². The van der Waals surface area contributed by atoms with Crippen molar-refractivity contribution < 1.29 is 17.5 Å². The first-order valence-electron chi connectivity index (χ1n) is 7.39. The second-order valence-electron chi connectivity index (χ2n) is 5.89. The van der Waals surface area contributed by atoms with Gasteiger partial charge in [0.15, 0.2) is 0 Å². The molecule has 0 amide bonds. The molecule has 8 heteroatoms. The average Bonchev–Trinajstić information content (AvgIpc) is 3.21. The van der Waals surface area contributed by atoms with Gasteiger partial charge < -0.3 is 4.74 Å². The zero-order chi connectivity index (χ0) is 15.7. The van der Waals surface area contributed by atoms with E-state index in [1.165, 1.54) is 12.1 Å². The van der Waals surface area contributed by atoms with E-state index in [1.54, 1.807) is 0 Å². The summed E-state index contributed by atoms with van der Waals surface area (Å²) in [5, 5.41) is 0. The lowest BCUT2D eigenvalue weighted by Crippen LogP contribution is -2.43. The van der Waals surface area contributed by atoms with Crippen LogP contribution in [-0.2, 0) is 10.0 Å². The molecule has 2 fully saturated rings. The molecular formula is C14H20FN3O3S. The highest BCUT2D eigenvalue weighted by atomic mass is 32.2. The summed E-state index contributed by atoms with van der Waals surface area (Å²) in [6.07, 6.45) is 2.19. The molecule has 2 unspecified atom stereocenters. The van der Waals surface area contributed by atoms with Crippen LogP contribution in [0.5, 0.6) is 5.75 Å². The quantitative estimate of drug-likeness (QED) is 0.718. The van der Waals surface area contributed by atoms with Crippen LogP contribution in [0.1, 0.15) is 19.8 Å². The van der Waals surface area contributed by atoms with Gasteiger partial charge in [-0.1, -0.05) is 0 Å². The summed E-state index contributed by atoms with van der Waals surface area (Å²) >= 11 is 0. The fourth-order valence-electron chi connectivity index (χ4n) is 2.32. The Morgan fingerprint density at radius 1 is 1.41 bits per heavy atom. The van der Waals surface area contributed by atoms with Gasteiger partial charge >= 0.3 is 0 Å². The highest BCUT2D eigenvalue weighted by Gasteiger charge is 2.30. The van der Waals surface area contributed by atoms with Crippen LogP contribution in [-0.4, -0.2) is 33.7 Å². The summed E-state index contributed by atoms with van der Waals surface area (Å²) in [5.74, 6) is 0.0825. The SMILES string of the molecule is CC1NNCC1NS(=O)(=O)c1cc(F)ccc1OCC1CC1. The van der Waals surface area contributed by atoms with Crippen molar-refractivity contribution in [3.63, 3.8) is 0 Å². The number of halogens is 1. The molecule has 122 valence electrons. The van der Waals surface area contributed by atoms with Crippen LogP contribution in [0.3, 0.4) is 0 Å². The first-order valence-corrected chi connectivity index (χ1v) is 8.87. The molecule has 1 aromatic rings. The number of nitrogens with one attached hydrogen (secondary N) is 3. The number of sulfonamides is 1. The Morgan fingerprint density at radius 3 is 2.82 bits per heavy atom. The van der Waals surface area contributed by atoms with Gasteiger partial charge in [0.1, 0.15) is 16.5 Å². The normalized spacial score (nSPS) is 25.4. The minimum absolute atomic E-state index is 0.0563. The molecule has 22 heavy (non-hydrogen) atoms. The van der Waals surface area contributed by atoms with Gasteiger partial charge in [-0.15, -0.1) is 0 Å². The van der Waals surface area contributed by atoms with Crippen LogP contribution in [0, 0.1) is 11.7 Å². The van der Waals surface area contributed by atoms with Crippen molar-refractivity contribution in [2.75, 3.05) is 13.2 Å². The summed E-state index contributed by atoms with van der Waals surface area (Å²) in [5.41, 5.74) is 5.82. The van der Waals surface area contributed by atoms with Crippen molar-refractivity contribution in [1.82, 2.24) is 15.6 Å². The Morgan fingerprint density at radius 2 is 2.18 bits per heavy atom. The first-order chi connectivity index (χ1) is 10.5. The maximum Gasteiger partial charge on any atom is 0.244 e. The molecule has 0 aromatic heterocycles. The van der Waals surface area contributed by atoms with Gasteiger partial charge in [0.2, 0.25) is 10.0 Å². The largest absolute Gasteiger partial charge is 0.492 e. The molecule has 2 aliphatic rings. The molecule has 1 heterocycles. The molecule has 2 atom stereocenters. The summed E-state index contributed by atoms with van der Waals surface area (Å²) in [7, 11) is -3.85. The smallest absolute Gasteiger partial charge is 0.244 e. The highest BCUT2D eigenvalue weighted by molar-refractivity contribution is 7.89. The molecular weight excluding hydrogens is 309 g/mol. The van der Waals surface area contributed by atoms with Crippen molar-refractivity contribution in [2.24, 2.45) is 5.92 Å². The van der Waals surface area contributed by atoms with Gasteiger partial charge in [0.05, 0.1) is 12.6 Å². The monoisotopic (exact) mass is 329 g/mol. The molecule has 1 saturated heterocycles. The molecule has 1 aromatic carbocycles. The van der Waals surface area contributed by atoms with Crippen LogP contribution in [0.4, 0.5) is 4.39 Å². The molecule has 1 aliphatic heterocycles. The van der Waals surface area contributed by atoms with Crippen molar-refractivity contribution >= 4 is 10.0 Å². The van der Waals surface area contributed by atoms with E-state index in [9.17, 15) is 12.8 Å². The van der Waals surface area contributed by atoms with Gasteiger partial charge in [-0.3, -0.25) is 10.9 Å². The van der Waals surface area contributed by atoms with E-state index in [2.05, 4.69) is 15.6 Å². The van der Waals surface area contributed by atoms with E-state index in [-0.39, 0.29) is 22.7 Å². The van der Waals surface area contributed by atoms with Gasteiger partial charge in [0.25, 0.3) is 0 Å². The number of ether oxygens (including phenoxy) is 1. The maximum atomic E-state index is 13.5. The van der Waals surface area contributed by atoms with Crippen LogP contribution in [0.25, 0.3) is 0 Å². The Bertz CT molecular complexity index is 649. The lowest BCUT2D eigenvalue weighted by Gasteiger charge is -2.18. The molecule has 0 spiro atoms. The Kier molecular flexibility index (Phi) is 4.35. The standard InChI is InChI=1S/C14H20FN3O3S/c1-9-12(7-16-17-9)18-22(19,20)14-6-11(15)4-5-13(14)21-8-10-2-3-10/h4-6,9-10,12,16-18H,2-3,7-8H2,1H3. The minimum atomic E-state index is -3.85. The predicted molar refractivity (Wildman–Crippen MR) is 79.3 cm³/mol. The third-order valence-electron chi connectivity index (χ3n) is 3.93. The van der Waals surface area contributed by atoms with Crippen LogP contribution >= 0.6 is 0 Å². The molecule has 6 nitrogen and oxygen atoms in total. The maximum absolute atomic E-state index is 13.5. The zero-order valence-electron chi connectivity index (χ0n) is 12.3. The van der Waals surface area contributed by atoms with E-state index < -0.39 is 15.8 Å². The summed E-state index contributed by atoms with van der Waals surface area (Å²) in [6.45, 7) is 2.80. The van der Waals surface area contributed by atoms with Gasteiger partial charge in [-0.25, -0.2) is 17.5 Å². The van der Waals surface area contributed by atoms with Crippen molar-refractivity contribution in [1.29, 1.82) is 0 Å². The number of hydrogen-bond acceptors (Lipinski definition) is 5. The van der Waals surface area contributed by atoms with Gasteiger partial charge in [-0.2, -0.15) is 0 Å². The van der Waals surface area contributed by atoms with Crippen molar-refractivity contribution in [2.45, 2.75) is 36.7 Å². The number of benzene rings is 1. The Labute approximate surface area is 129 Å². The molecule has 1 aliphatic carbocycles.